The van der Waals surface area contributed by atoms with Crippen molar-refractivity contribution >= 4 is 5.97 Å². The zero-order valence-electron chi connectivity index (χ0n) is 23.0. The molecule has 0 spiro atoms. The van der Waals surface area contributed by atoms with Crippen LogP contribution in [-0.4, -0.2) is 44.7 Å². The van der Waals surface area contributed by atoms with Crippen LogP contribution in [0.2, 0.25) is 0 Å². The molecule has 0 aliphatic heterocycles. The van der Waals surface area contributed by atoms with Gasteiger partial charge in [0, 0.05) is 4.11 Å². The van der Waals surface area contributed by atoms with Crippen LogP contribution in [0.3, 0.4) is 0 Å². The van der Waals surface area contributed by atoms with E-state index in [0.717, 1.165) is 38.5 Å². The van der Waals surface area contributed by atoms with E-state index in [-0.39, 0.29) is 52.9 Å². The number of carboxylic acids is 1. The molecule has 0 amide bonds. The molecule has 184 valence electrons. The summed E-state index contributed by atoms with van der Waals surface area (Å²) in [6, 6.07) is 0. The summed E-state index contributed by atoms with van der Waals surface area (Å²) in [6.07, 6.45) is 5.88. The van der Waals surface area contributed by atoms with Crippen LogP contribution in [0.25, 0.3) is 0 Å². The highest BCUT2D eigenvalue weighted by Gasteiger charge is 2.65. The minimum absolute atomic E-state index is 0.0191. The van der Waals surface area contributed by atoms with E-state index < -0.39 is 30.9 Å². The molecule has 4 N–H and O–H groups in total. The predicted octanol–water partition coefficient (Wildman–Crippen LogP) is 4.47. The van der Waals surface area contributed by atoms with Crippen molar-refractivity contribution in [3.8, 4) is 0 Å². The fourth-order valence-electron chi connectivity index (χ4n) is 9.05. The molecule has 0 aromatic rings. The number of carbonyl (C=O) groups is 1. The van der Waals surface area contributed by atoms with Crippen LogP contribution in [0.4, 0.5) is 0 Å². The number of aliphatic carboxylic acids is 1. The fraction of sp³-hybridized carbons (Fsp3) is 0.963. The van der Waals surface area contributed by atoms with E-state index in [1.165, 1.54) is 0 Å². The van der Waals surface area contributed by atoms with Crippen LogP contribution in [0.15, 0.2) is 0 Å². The van der Waals surface area contributed by atoms with Crippen LogP contribution < -0.4 is 0 Å². The number of aliphatic hydroxyl groups excluding tert-OH is 3. The van der Waals surface area contributed by atoms with Gasteiger partial charge in [-0.3, -0.25) is 4.79 Å². The van der Waals surface area contributed by atoms with Crippen LogP contribution in [0.5, 0.6) is 0 Å². The molecule has 5 nitrogen and oxygen atoms in total. The Kier molecular flexibility index (Phi) is 5.73. The fourth-order valence-corrected chi connectivity index (χ4v) is 9.05. The maximum atomic E-state index is 11.7. The van der Waals surface area contributed by atoms with E-state index in [1.807, 2.05) is 0 Å². The van der Waals surface area contributed by atoms with Crippen molar-refractivity contribution in [2.75, 3.05) is 0 Å². The van der Waals surface area contributed by atoms with Crippen molar-refractivity contribution in [2.45, 2.75) is 110 Å². The van der Waals surface area contributed by atoms with Crippen molar-refractivity contribution in [3.63, 3.8) is 0 Å². The summed E-state index contributed by atoms with van der Waals surface area (Å²) in [7, 11) is 0. The number of fused-ring (bicyclic) bond motifs is 5. The Labute approximate surface area is 198 Å². The van der Waals surface area contributed by atoms with Gasteiger partial charge in [0.25, 0.3) is 0 Å². The van der Waals surface area contributed by atoms with Gasteiger partial charge in [-0.2, -0.15) is 0 Å². The first-order valence-corrected chi connectivity index (χ1v) is 12.9. The first-order chi connectivity index (χ1) is 16.3. The lowest BCUT2D eigenvalue weighted by Crippen LogP contribution is -2.62. The van der Waals surface area contributed by atoms with Gasteiger partial charge in [0.2, 0.25) is 0 Å². The van der Waals surface area contributed by atoms with Crippen molar-refractivity contribution in [2.24, 2.45) is 52.2 Å². The van der Waals surface area contributed by atoms with Gasteiger partial charge in [-0.15, -0.1) is 0 Å². The number of carboxylic acid groups (broad SMARTS) is 1. The molecule has 4 fully saturated rings. The molecule has 0 heterocycles. The van der Waals surface area contributed by atoms with Gasteiger partial charge in [0.05, 0.1) is 24.2 Å². The molecule has 5 heteroatoms. The number of hydrogen-bond acceptors (Lipinski definition) is 4. The van der Waals surface area contributed by atoms with Gasteiger partial charge in [0.15, 0.2) is 0 Å². The van der Waals surface area contributed by atoms with Gasteiger partial charge < -0.3 is 20.4 Å². The highest BCUT2D eigenvalue weighted by molar-refractivity contribution is 5.69. The van der Waals surface area contributed by atoms with E-state index in [9.17, 15) is 25.2 Å². The van der Waals surface area contributed by atoms with Crippen molar-refractivity contribution in [1.82, 2.24) is 0 Å². The van der Waals surface area contributed by atoms with Gasteiger partial charge in [-0.05, 0) is 97.7 Å². The summed E-state index contributed by atoms with van der Waals surface area (Å²) < 4.78 is 23.1. The third-order valence-electron chi connectivity index (χ3n) is 10.9. The molecule has 0 aromatic carbocycles. The average Bonchev–Trinajstić information content (AvgIpc) is 3.13. The molecule has 0 saturated heterocycles. The number of hydrogen-bond donors (Lipinski definition) is 4. The van der Waals surface area contributed by atoms with E-state index in [1.54, 1.807) is 0 Å². The molecule has 4 aliphatic carbocycles. The Hall–Kier alpha value is -0.650. The molecule has 4 aliphatic rings. The smallest absolute Gasteiger partial charge is 0.306 e. The molecule has 2 unspecified atom stereocenters. The lowest BCUT2D eigenvalue weighted by Gasteiger charge is -2.63. The van der Waals surface area contributed by atoms with E-state index in [4.69, 9.17) is 4.11 Å². The van der Waals surface area contributed by atoms with Crippen LogP contribution in [0.1, 0.15) is 96.0 Å². The van der Waals surface area contributed by atoms with Gasteiger partial charge in [-0.25, -0.2) is 0 Å². The molecule has 0 bridgehead atoms. The van der Waals surface area contributed by atoms with Crippen molar-refractivity contribution < 1.29 is 29.3 Å². The summed E-state index contributed by atoms with van der Waals surface area (Å²) >= 11 is 0. The van der Waals surface area contributed by atoms with Crippen molar-refractivity contribution in [1.29, 1.82) is 0 Å². The topological polar surface area (TPSA) is 98.0 Å². The maximum absolute atomic E-state index is 11.7. The molecular weight excluding hydrogens is 404 g/mol. The molecule has 32 heavy (non-hydrogen) atoms. The Morgan fingerprint density at radius 2 is 1.84 bits per heavy atom. The summed E-state index contributed by atoms with van der Waals surface area (Å²) in [6.45, 7) is 4.95. The first kappa shape index (κ1) is 20.7. The monoisotopic (exact) mass is 453 g/mol. The Balaban J connectivity index is 1.49. The van der Waals surface area contributed by atoms with Crippen molar-refractivity contribution in [3.05, 3.63) is 0 Å². The predicted molar refractivity (Wildman–Crippen MR) is 124 cm³/mol. The molecule has 4 saturated carbocycles. The third kappa shape index (κ3) is 3.84. The largest absolute Gasteiger partial charge is 0.481 e. The molecule has 12 atom stereocenters. The highest BCUT2D eigenvalue weighted by atomic mass is 16.4. The normalized spacial score (nSPS) is 52.5. The molecular formula is C27H46O5. The summed E-state index contributed by atoms with van der Waals surface area (Å²) in [5, 5.41) is 42.7. The van der Waals surface area contributed by atoms with Gasteiger partial charge in [0.1, 0.15) is 0 Å². The molecule has 0 radical (unpaired) electrons. The van der Waals surface area contributed by atoms with E-state index >= 15 is 0 Å². The summed E-state index contributed by atoms with van der Waals surface area (Å²) in [5.74, 6) is -2.08. The average molecular weight is 454 g/mol. The maximum Gasteiger partial charge on any atom is 0.306 e. The van der Waals surface area contributed by atoms with Crippen LogP contribution >= 0.6 is 0 Å². The Morgan fingerprint density at radius 1 is 1.09 bits per heavy atom. The highest BCUT2D eigenvalue weighted by Crippen LogP contribution is 2.68. The van der Waals surface area contributed by atoms with Crippen LogP contribution in [-0.2, 0) is 4.79 Å². The van der Waals surface area contributed by atoms with Gasteiger partial charge >= 0.3 is 5.97 Å². The quantitative estimate of drug-likeness (QED) is 0.475. The Morgan fingerprint density at radius 3 is 2.53 bits per heavy atom. The minimum atomic E-state index is -2.11. The second kappa shape index (κ2) is 8.85. The molecule has 4 rings (SSSR count). The second-order valence-corrected chi connectivity index (χ2v) is 12.2. The second-order valence-electron chi connectivity index (χ2n) is 12.2. The summed E-state index contributed by atoms with van der Waals surface area (Å²) in [4.78, 5) is 11.5. The Bertz CT molecular complexity index is 797. The zero-order valence-corrected chi connectivity index (χ0v) is 20.0. The first-order valence-electron chi connectivity index (χ1n) is 14.5. The molecule has 0 aromatic heterocycles. The zero-order chi connectivity index (χ0) is 25.9. The standard InChI is InChI=1S/C27H46O5/c1-15(6-5-7-16(2)25(31)32)19-8-9-20-24-21(14-23(30)27(19,20)4)26(3)11-10-18(28)12-17(26)13-22(24)29/h15-24,28-30H,5-14H2,1-4H3,(H,31,32)/t15-,16?,17?,18-,19-,20+,21+,22-,23+,24+,26+,27-/m1/s1/i2D2,16D. The van der Waals surface area contributed by atoms with Gasteiger partial charge in [-0.1, -0.05) is 40.5 Å². The summed E-state index contributed by atoms with van der Waals surface area (Å²) in [5.41, 5.74) is -0.260. The van der Waals surface area contributed by atoms with E-state index in [0.29, 0.717) is 25.2 Å². The number of aliphatic hydroxyl groups is 3. The lowest BCUT2D eigenvalue weighted by molar-refractivity contribution is -0.207. The van der Waals surface area contributed by atoms with Crippen LogP contribution in [0, 0.1) is 52.2 Å². The number of rotatable bonds is 6. The lowest BCUT2D eigenvalue weighted by atomic mass is 9.43. The van der Waals surface area contributed by atoms with E-state index in [2.05, 4.69) is 20.8 Å². The SMILES string of the molecule is [2H]C([2H])C([2H])(CCC[C@@H](C)[C@H]1CC[C@H]2[C@@H]3[C@H](O)CC4C[C@H](O)CC[C@]4(C)[C@H]3C[C@H](O)[C@]12C)C(=O)O. The third-order valence-corrected chi connectivity index (χ3v) is 10.9. The minimum Gasteiger partial charge on any atom is -0.481 e.